The molecule has 0 amide bonds. The lowest BCUT2D eigenvalue weighted by Gasteiger charge is -2.30. The lowest BCUT2D eigenvalue weighted by Crippen LogP contribution is -2.36. The van der Waals surface area contributed by atoms with Crippen molar-refractivity contribution in [1.82, 2.24) is 19.9 Å². The molecule has 20 heavy (non-hydrogen) atoms. The van der Waals surface area contributed by atoms with Crippen LogP contribution in [0.4, 0.5) is 11.9 Å². The highest BCUT2D eigenvalue weighted by atomic mass is 35.5. The molecule has 0 atom stereocenters. The van der Waals surface area contributed by atoms with Crippen LogP contribution < -0.4 is 10.2 Å². The summed E-state index contributed by atoms with van der Waals surface area (Å²) in [6.07, 6.45) is 2.59. The minimum absolute atomic E-state index is 0.220. The number of piperidine rings is 1. The first-order valence-corrected chi connectivity index (χ1v) is 7.47. The highest BCUT2D eigenvalue weighted by Crippen LogP contribution is 2.15. The van der Waals surface area contributed by atoms with Crippen molar-refractivity contribution < 1.29 is 0 Å². The molecule has 1 N–H and O–H groups in total. The number of anilines is 2. The maximum Gasteiger partial charge on any atom is 0.230 e. The monoisotopic (exact) mass is 298 g/mol. The van der Waals surface area contributed by atoms with Crippen molar-refractivity contribution in [2.45, 2.75) is 19.8 Å². The van der Waals surface area contributed by atoms with Gasteiger partial charge in [0.2, 0.25) is 17.2 Å². The van der Waals surface area contributed by atoms with Crippen molar-refractivity contribution >= 4 is 23.5 Å². The number of rotatable bonds is 5. The van der Waals surface area contributed by atoms with Gasteiger partial charge >= 0.3 is 0 Å². The van der Waals surface area contributed by atoms with Gasteiger partial charge in [0.15, 0.2) is 0 Å². The summed E-state index contributed by atoms with van der Waals surface area (Å²) in [6.45, 7) is 6.52. The lowest BCUT2D eigenvalue weighted by atomic mass is 9.99. The smallest absolute Gasteiger partial charge is 0.230 e. The largest absolute Gasteiger partial charge is 0.353 e. The first kappa shape index (κ1) is 15.3. The van der Waals surface area contributed by atoms with E-state index in [4.69, 9.17) is 11.6 Å². The number of halogens is 1. The predicted octanol–water partition coefficient (Wildman–Crippen LogP) is 1.73. The van der Waals surface area contributed by atoms with E-state index >= 15 is 0 Å². The molecule has 0 unspecified atom stereocenters. The Balaban J connectivity index is 1.82. The molecule has 1 aromatic heterocycles. The van der Waals surface area contributed by atoms with Crippen LogP contribution >= 0.6 is 11.6 Å². The molecule has 1 aliphatic rings. The third-order valence-corrected chi connectivity index (χ3v) is 3.75. The average Bonchev–Trinajstić information content (AvgIpc) is 2.40. The van der Waals surface area contributed by atoms with Gasteiger partial charge in [0, 0.05) is 27.2 Å². The van der Waals surface area contributed by atoms with Crippen LogP contribution in [0.5, 0.6) is 0 Å². The fourth-order valence-corrected chi connectivity index (χ4v) is 2.39. The Hall–Kier alpha value is -1.14. The summed E-state index contributed by atoms with van der Waals surface area (Å²) in [5.74, 6) is 1.97. The van der Waals surface area contributed by atoms with Crippen LogP contribution in [0, 0.1) is 5.92 Å². The van der Waals surface area contributed by atoms with E-state index in [0.717, 1.165) is 19.0 Å². The normalized spacial score (nSPS) is 17.2. The van der Waals surface area contributed by atoms with Crippen LogP contribution in [0.3, 0.4) is 0 Å². The van der Waals surface area contributed by atoms with Gasteiger partial charge in [-0.1, -0.05) is 6.92 Å². The summed E-state index contributed by atoms with van der Waals surface area (Å²) in [5, 5.41) is 3.44. The highest BCUT2D eigenvalue weighted by molar-refractivity contribution is 6.28. The number of nitrogens with one attached hydrogen (secondary N) is 1. The topological polar surface area (TPSA) is 57.2 Å². The molecule has 0 saturated carbocycles. The van der Waals surface area contributed by atoms with Gasteiger partial charge in [0.1, 0.15) is 0 Å². The van der Waals surface area contributed by atoms with Gasteiger partial charge in [-0.15, -0.1) is 0 Å². The minimum atomic E-state index is 0.220. The van der Waals surface area contributed by atoms with Crippen molar-refractivity contribution in [3.05, 3.63) is 5.28 Å². The summed E-state index contributed by atoms with van der Waals surface area (Å²) in [7, 11) is 3.76. The van der Waals surface area contributed by atoms with E-state index in [-0.39, 0.29) is 5.28 Å². The van der Waals surface area contributed by atoms with Crippen molar-refractivity contribution in [3.63, 3.8) is 0 Å². The van der Waals surface area contributed by atoms with E-state index in [2.05, 4.69) is 32.1 Å². The zero-order valence-electron chi connectivity index (χ0n) is 12.4. The van der Waals surface area contributed by atoms with Crippen molar-refractivity contribution in [1.29, 1.82) is 0 Å². The third-order valence-electron chi connectivity index (χ3n) is 3.58. The van der Waals surface area contributed by atoms with Crippen LogP contribution in [0.1, 0.15) is 19.8 Å². The molecule has 1 aromatic rings. The van der Waals surface area contributed by atoms with Crippen molar-refractivity contribution in [2.75, 3.05) is 50.5 Å². The Kier molecular flexibility index (Phi) is 5.37. The molecule has 0 spiro atoms. The standard InChI is InChI=1S/C13H23ClN6/c1-10-4-7-20(8-5-10)9-6-15-12-16-11(14)17-13(18-12)19(2)3/h10H,4-9H2,1-3H3,(H,15,16,17,18). The Morgan fingerprint density at radius 1 is 1.25 bits per heavy atom. The zero-order chi connectivity index (χ0) is 14.5. The van der Waals surface area contributed by atoms with E-state index in [0.29, 0.717) is 11.9 Å². The number of nitrogens with zero attached hydrogens (tertiary/aromatic N) is 5. The van der Waals surface area contributed by atoms with Crippen LogP contribution in [-0.4, -0.2) is 60.1 Å². The SMILES string of the molecule is CC1CCN(CCNc2nc(Cl)nc(N(C)C)n2)CC1. The minimum Gasteiger partial charge on any atom is -0.353 e. The molecule has 2 heterocycles. The molecular formula is C13H23ClN6. The fourth-order valence-electron chi connectivity index (χ4n) is 2.23. The molecule has 112 valence electrons. The first-order chi connectivity index (χ1) is 9.54. The maximum atomic E-state index is 5.90. The first-order valence-electron chi connectivity index (χ1n) is 7.09. The lowest BCUT2D eigenvalue weighted by molar-refractivity contribution is 0.199. The summed E-state index contributed by atoms with van der Waals surface area (Å²) >= 11 is 5.90. The van der Waals surface area contributed by atoms with Gasteiger partial charge in [-0.05, 0) is 43.5 Å². The molecule has 0 aromatic carbocycles. The molecule has 0 bridgehead atoms. The fraction of sp³-hybridized carbons (Fsp3) is 0.769. The molecule has 6 nitrogen and oxygen atoms in total. The second kappa shape index (κ2) is 7.04. The van der Waals surface area contributed by atoms with E-state index in [1.807, 2.05) is 19.0 Å². The van der Waals surface area contributed by atoms with Gasteiger partial charge in [-0.2, -0.15) is 15.0 Å². The number of hydrogen-bond acceptors (Lipinski definition) is 6. The Morgan fingerprint density at radius 2 is 1.95 bits per heavy atom. The van der Waals surface area contributed by atoms with Gasteiger partial charge in [-0.25, -0.2) is 0 Å². The molecule has 0 aliphatic carbocycles. The van der Waals surface area contributed by atoms with E-state index in [9.17, 15) is 0 Å². The molecule has 1 aliphatic heterocycles. The van der Waals surface area contributed by atoms with Crippen LogP contribution in [0.25, 0.3) is 0 Å². The second-order valence-electron chi connectivity index (χ2n) is 5.57. The number of hydrogen-bond donors (Lipinski definition) is 1. The highest BCUT2D eigenvalue weighted by Gasteiger charge is 2.15. The summed E-state index contributed by atoms with van der Waals surface area (Å²) < 4.78 is 0. The van der Waals surface area contributed by atoms with Crippen LogP contribution in [0.15, 0.2) is 0 Å². The maximum absolute atomic E-state index is 5.90. The number of aromatic nitrogens is 3. The van der Waals surface area contributed by atoms with Gasteiger partial charge in [0.05, 0.1) is 0 Å². The Morgan fingerprint density at radius 3 is 2.60 bits per heavy atom. The molecule has 1 saturated heterocycles. The molecular weight excluding hydrogens is 276 g/mol. The zero-order valence-corrected chi connectivity index (χ0v) is 13.2. The van der Waals surface area contributed by atoms with E-state index in [1.165, 1.54) is 25.9 Å². The molecule has 2 rings (SSSR count). The summed E-state index contributed by atoms with van der Waals surface area (Å²) in [5.41, 5.74) is 0. The van der Waals surface area contributed by atoms with Gasteiger partial charge in [-0.3, -0.25) is 0 Å². The van der Waals surface area contributed by atoms with Crippen LogP contribution in [0.2, 0.25) is 5.28 Å². The molecule has 1 fully saturated rings. The van der Waals surface area contributed by atoms with Crippen LogP contribution in [-0.2, 0) is 0 Å². The average molecular weight is 299 g/mol. The van der Waals surface area contributed by atoms with Gasteiger partial charge in [0.25, 0.3) is 0 Å². The summed E-state index contributed by atoms with van der Waals surface area (Å²) in [6, 6.07) is 0. The second-order valence-corrected chi connectivity index (χ2v) is 5.91. The Bertz CT molecular complexity index is 431. The summed E-state index contributed by atoms with van der Waals surface area (Å²) in [4.78, 5) is 16.8. The van der Waals surface area contributed by atoms with E-state index in [1.54, 1.807) is 0 Å². The van der Waals surface area contributed by atoms with E-state index < -0.39 is 0 Å². The quantitative estimate of drug-likeness (QED) is 0.893. The Labute approximate surface area is 125 Å². The molecule has 7 heteroatoms. The molecule has 0 radical (unpaired) electrons. The third kappa shape index (κ3) is 4.45. The number of likely N-dealkylation sites (tertiary alicyclic amines) is 1. The van der Waals surface area contributed by atoms with Crippen molar-refractivity contribution in [3.8, 4) is 0 Å². The van der Waals surface area contributed by atoms with Crippen molar-refractivity contribution in [2.24, 2.45) is 5.92 Å². The predicted molar refractivity (Wildman–Crippen MR) is 82.5 cm³/mol. The van der Waals surface area contributed by atoms with Gasteiger partial charge < -0.3 is 15.1 Å².